The zero-order valence-electron chi connectivity index (χ0n) is 10.2. The normalized spacial score (nSPS) is 27.2. The minimum Gasteiger partial charge on any atom is -0.488 e. The summed E-state index contributed by atoms with van der Waals surface area (Å²) < 4.78 is 19.0. The number of hydrogen-bond acceptors (Lipinski definition) is 2. The summed E-state index contributed by atoms with van der Waals surface area (Å²) in [4.78, 5) is 2.49. The second kappa shape index (κ2) is 5.17. The molecule has 0 amide bonds. The Bertz CT molecular complexity index is 440. The monoisotopic (exact) mass is 313 g/mol. The Labute approximate surface area is 115 Å². The van der Waals surface area contributed by atoms with Crippen LogP contribution < -0.4 is 4.74 Å². The van der Waals surface area contributed by atoms with Gasteiger partial charge in [0.05, 0.1) is 0 Å². The maximum Gasteiger partial charge on any atom is 0.123 e. The molecule has 0 saturated carbocycles. The van der Waals surface area contributed by atoms with Crippen LogP contribution in [0.1, 0.15) is 18.4 Å². The van der Waals surface area contributed by atoms with Crippen LogP contribution in [0.15, 0.2) is 18.2 Å². The lowest BCUT2D eigenvalue weighted by Crippen LogP contribution is -2.38. The highest BCUT2D eigenvalue weighted by atomic mass is 79.9. The molecule has 3 rings (SSSR count). The summed E-state index contributed by atoms with van der Waals surface area (Å²) in [6.45, 7) is 2.10. The van der Waals surface area contributed by atoms with Gasteiger partial charge < -0.3 is 4.74 Å². The van der Waals surface area contributed by atoms with Crippen molar-refractivity contribution >= 4 is 15.9 Å². The molecule has 0 aromatic heterocycles. The second-order valence-electron chi connectivity index (χ2n) is 5.14. The molecule has 2 nitrogen and oxygen atoms in total. The average Bonchev–Trinajstić information content (AvgIpc) is 2.94. The Morgan fingerprint density at radius 2 is 2.33 bits per heavy atom. The second-order valence-corrected chi connectivity index (χ2v) is 5.79. The van der Waals surface area contributed by atoms with Gasteiger partial charge >= 0.3 is 0 Å². The van der Waals surface area contributed by atoms with Crippen LogP contribution in [-0.2, 0) is 6.42 Å². The zero-order chi connectivity index (χ0) is 12.5. The van der Waals surface area contributed by atoms with Crippen LogP contribution in [0.4, 0.5) is 4.39 Å². The predicted molar refractivity (Wildman–Crippen MR) is 72.9 cm³/mol. The number of rotatable bonds is 3. The number of alkyl halides is 1. The first kappa shape index (κ1) is 12.4. The summed E-state index contributed by atoms with van der Waals surface area (Å²) in [5.74, 6) is 0.688. The molecule has 0 radical (unpaired) electrons. The SMILES string of the molecule is Fc1ccc2c(c1)CC(CN1CCCC1CBr)O2. The molecule has 98 valence electrons. The fraction of sp³-hybridized carbons (Fsp3) is 0.571. The van der Waals surface area contributed by atoms with Gasteiger partial charge in [0.1, 0.15) is 17.7 Å². The van der Waals surface area contributed by atoms with Crippen molar-refractivity contribution in [2.45, 2.75) is 31.4 Å². The van der Waals surface area contributed by atoms with Gasteiger partial charge in [-0.1, -0.05) is 15.9 Å². The molecule has 0 aliphatic carbocycles. The van der Waals surface area contributed by atoms with E-state index in [-0.39, 0.29) is 11.9 Å². The van der Waals surface area contributed by atoms with Crippen LogP contribution in [0.2, 0.25) is 0 Å². The van der Waals surface area contributed by atoms with E-state index in [1.807, 2.05) is 0 Å². The van der Waals surface area contributed by atoms with E-state index in [2.05, 4.69) is 20.8 Å². The molecule has 2 unspecified atom stereocenters. The molecule has 1 fully saturated rings. The molecule has 1 aromatic rings. The fourth-order valence-corrected chi connectivity index (χ4v) is 3.70. The lowest BCUT2D eigenvalue weighted by Gasteiger charge is -2.25. The Balaban J connectivity index is 1.64. The fourth-order valence-electron chi connectivity index (χ4n) is 2.96. The first-order valence-corrected chi connectivity index (χ1v) is 7.63. The van der Waals surface area contributed by atoms with Crippen molar-refractivity contribution in [3.05, 3.63) is 29.6 Å². The number of benzene rings is 1. The van der Waals surface area contributed by atoms with Gasteiger partial charge in [0, 0.05) is 29.9 Å². The molecular formula is C14H17BrFNO. The number of fused-ring (bicyclic) bond motifs is 1. The van der Waals surface area contributed by atoms with Gasteiger partial charge in [-0.25, -0.2) is 4.39 Å². The molecule has 1 saturated heterocycles. The van der Waals surface area contributed by atoms with Crippen LogP contribution in [0, 0.1) is 5.82 Å². The predicted octanol–water partition coefficient (Wildman–Crippen LogP) is 2.99. The quantitative estimate of drug-likeness (QED) is 0.795. The average molecular weight is 314 g/mol. The van der Waals surface area contributed by atoms with Crippen molar-refractivity contribution in [2.24, 2.45) is 0 Å². The van der Waals surface area contributed by atoms with Gasteiger partial charge in [0.15, 0.2) is 0 Å². The van der Waals surface area contributed by atoms with Crippen LogP contribution in [0.5, 0.6) is 5.75 Å². The molecule has 0 bridgehead atoms. The minimum absolute atomic E-state index is 0.169. The van der Waals surface area contributed by atoms with E-state index >= 15 is 0 Å². The molecule has 0 N–H and O–H groups in total. The first-order chi connectivity index (χ1) is 8.76. The van der Waals surface area contributed by atoms with Crippen LogP contribution in [0.25, 0.3) is 0 Å². The maximum atomic E-state index is 13.1. The first-order valence-electron chi connectivity index (χ1n) is 6.51. The Hall–Kier alpha value is -0.610. The Kier molecular flexibility index (Phi) is 3.57. The van der Waals surface area contributed by atoms with Crippen LogP contribution in [-0.4, -0.2) is 35.5 Å². The molecular weight excluding hydrogens is 297 g/mol. The lowest BCUT2D eigenvalue weighted by molar-refractivity contribution is 0.148. The smallest absolute Gasteiger partial charge is 0.123 e. The van der Waals surface area contributed by atoms with E-state index in [1.165, 1.54) is 18.9 Å². The molecule has 2 heterocycles. The summed E-state index contributed by atoms with van der Waals surface area (Å²) in [6.07, 6.45) is 3.55. The topological polar surface area (TPSA) is 12.5 Å². The molecule has 0 spiro atoms. The number of hydrogen-bond donors (Lipinski definition) is 0. The number of halogens is 2. The zero-order valence-corrected chi connectivity index (χ0v) is 11.8. The number of ether oxygens (including phenoxy) is 1. The van der Waals surface area contributed by atoms with Crippen molar-refractivity contribution in [1.29, 1.82) is 0 Å². The third kappa shape index (κ3) is 2.41. The van der Waals surface area contributed by atoms with Crippen LogP contribution >= 0.6 is 15.9 Å². The van der Waals surface area contributed by atoms with E-state index < -0.39 is 0 Å². The van der Waals surface area contributed by atoms with E-state index in [1.54, 1.807) is 12.1 Å². The number of nitrogens with zero attached hydrogens (tertiary/aromatic N) is 1. The van der Waals surface area contributed by atoms with Crippen molar-refractivity contribution < 1.29 is 9.13 Å². The van der Waals surface area contributed by atoms with E-state index in [9.17, 15) is 4.39 Å². The summed E-state index contributed by atoms with van der Waals surface area (Å²) in [7, 11) is 0. The van der Waals surface area contributed by atoms with Crippen molar-refractivity contribution in [3.63, 3.8) is 0 Å². The standard InChI is InChI=1S/C14H17BrFNO/c15-8-12-2-1-5-17(12)9-13-7-10-6-11(16)3-4-14(10)18-13/h3-4,6,12-13H,1-2,5,7-9H2. The maximum absolute atomic E-state index is 13.1. The van der Waals surface area contributed by atoms with Gasteiger partial charge in [-0.3, -0.25) is 4.90 Å². The van der Waals surface area contributed by atoms with Gasteiger partial charge in [0.25, 0.3) is 0 Å². The van der Waals surface area contributed by atoms with Crippen molar-refractivity contribution in [2.75, 3.05) is 18.4 Å². The molecule has 18 heavy (non-hydrogen) atoms. The third-order valence-electron chi connectivity index (χ3n) is 3.88. The highest BCUT2D eigenvalue weighted by molar-refractivity contribution is 9.09. The van der Waals surface area contributed by atoms with Gasteiger partial charge in [-0.05, 0) is 37.6 Å². The highest BCUT2D eigenvalue weighted by Crippen LogP contribution is 2.30. The van der Waals surface area contributed by atoms with Gasteiger partial charge in [0.2, 0.25) is 0 Å². The largest absolute Gasteiger partial charge is 0.488 e. The molecule has 4 heteroatoms. The summed E-state index contributed by atoms with van der Waals surface area (Å²) in [5, 5.41) is 1.03. The molecule has 1 aromatic carbocycles. The van der Waals surface area contributed by atoms with Gasteiger partial charge in [-0.2, -0.15) is 0 Å². The molecule has 2 aliphatic heterocycles. The lowest BCUT2D eigenvalue weighted by atomic mass is 10.1. The van der Waals surface area contributed by atoms with Crippen molar-refractivity contribution in [1.82, 2.24) is 4.90 Å². The summed E-state index contributed by atoms with van der Waals surface area (Å²) in [6, 6.07) is 5.45. The third-order valence-corrected chi connectivity index (χ3v) is 4.63. The summed E-state index contributed by atoms with van der Waals surface area (Å²) in [5.41, 5.74) is 1.01. The highest BCUT2D eigenvalue weighted by Gasteiger charge is 2.30. The summed E-state index contributed by atoms with van der Waals surface area (Å²) >= 11 is 3.57. The molecule has 2 aliphatic rings. The van der Waals surface area contributed by atoms with E-state index in [0.29, 0.717) is 6.04 Å². The molecule has 2 atom stereocenters. The van der Waals surface area contributed by atoms with Crippen LogP contribution in [0.3, 0.4) is 0 Å². The van der Waals surface area contributed by atoms with Crippen molar-refractivity contribution in [3.8, 4) is 5.75 Å². The number of likely N-dealkylation sites (tertiary alicyclic amines) is 1. The van der Waals surface area contributed by atoms with Gasteiger partial charge in [-0.15, -0.1) is 0 Å². The van der Waals surface area contributed by atoms with E-state index in [4.69, 9.17) is 4.74 Å². The Morgan fingerprint density at radius 1 is 1.44 bits per heavy atom. The minimum atomic E-state index is -0.169. The van der Waals surface area contributed by atoms with E-state index in [0.717, 1.165) is 36.2 Å². The Morgan fingerprint density at radius 3 is 3.17 bits per heavy atom.